The summed E-state index contributed by atoms with van der Waals surface area (Å²) < 4.78 is 14.0. The average molecular weight is 251 g/mol. The van der Waals surface area contributed by atoms with Crippen LogP contribution in [0.1, 0.15) is 36.0 Å². The Hall–Kier alpha value is -1.42. The number of carbonyl (C=O) groups is 1. The fourth-order valence-corrected chi connectivity index (χ4v) is 2.73. The lowest BCUT2D eigenvalue weighted by Gasteiger charge is -2.31. The first-order valence-electron chi connectivity index (χ1n) is 6.39. The molecule has 1 aromatic carbocycles. The highest BCUT2D eigenvalue weighted by Crippen LogP contribution is 2.31. The summed E-state index contributed by atoms with van der Waals surface area (Å²) in [6, 6.07) is 4.74. The van der Waals surface area contributed by atoms with E-state index in [1.165, 1.54) is 12.1 Å². The van der Waals surface area contributed by atoms with Gasteiger partial charge in [0.05, 0.1) is 12.3 Å². The zero-order chi connectivity index (χ0) is 13.0. The minimum absolute atomic E-state index is 0.0386. The van der Waals surface area contributed by atoms with Crippen molar-refractivity contribution in [3.8, 4) is 0 Å². The van der Waals surface area contributed by atoms with E-state index in [1.54, 1.807) is 6.07 Å². The molecule has 4 heteroatoms. The van der Waals surface area contributed by atoms with Gasteiger partial charge >= 0.3 is 0 Å². The summed E-state index contributed by atoms with van der Waals surface area (Å²) in [5.41, 5.74) is 0.698. The van der Waals surface area contributed by atoms with Crippen molar-refractivity contribution in [1.29, 1.82) is 0 Å². The van der Waals surface area contributed by atoms with Gasteiger partial charge in [-0.3, -0.25) is 4.79 Å². The SMILES string of the molecule is O=Cc1cccc(F)c1N(CCO)C1CCCC1. The summed E-state index contributed by atoms with van der Waals surface area (Å²) in [6.45, 7) is 0.329. The van der Waals surface area contributed by atoms with Crippen molar-refractivity contribution in [2.75, 3.05) is 18.1 Å². The minimum Gasteiger partial charge on any atom is -0.395 e. The van der Waals surface area contributed by atoms with Crippen LogP contribution in [-0.4, -0.2) is 30.6 Å². The maximum Gasteiger partial charge on any atom is 0.152 e. The van der Waals surface area contributed by atoms with Crippen molar-refractivity contribution < 1.29 is 14.3 Å². The molecule has 1 aliphatic carbocycles. The van der Waals surface area contributed by atoms with Gasteiger partial charge in [0.1, 0.15) is 5.82 Å². The van der Waals surface area contributed by atoms with E-state index in [4.69, 9.17) is 5.11 Å². The van der Waals surface area contributed by atoms with Crippen LogP contribution in [0.4, 0.5) is 10.1 Å². The van der Waals surface area contributed by atoms with Crippen LogP contribution in [0.15, 0.2) is 18.2 Å². The van der Waals surface area contributed by atoms with Crippen molar-refractivity contribution in [2.24, 2.45) is 0 Å². The van der Waals surface area contributed by atoms with Gasteiger partial charge in [-0.25, -0.2) is 4.39 Å². The smallest absolute Gasteiger partial charge is 0.152 e. The third-order valence-corrected chi connectivity index (χ3v) is 3.54. The highest BCUT2D eigenvalue weighted by molar-refractivity contribution is 5.85. The number of aliphatic hydroxyl groups excluding tert-OH is 1. The molecule has 0 spiro atoms. The molecule has 1 saturated carbocycles. The van der Waals surface area contributed by atoms with Crippen LogP contribution in [-0.2, 0) is 0 Å². The van der Waals surface area contributed by atoms with Crippen LogP contribution >= 0.6 is 0 Å². The zero-order valence-corrected chi connectivity index (χ0v) is 10.3. The Morgan fingerprint density at radius 3 is 2.72 bits per heavy atom. The fourth-order valence-electron chi connectivity index (χ4n) is 2.73. The lowest BCUT2D eigenvalue weighted by atomic mass is 10.1. The Morgan fingerprint density at radius 1 is 1.39 bits per heavy atom. The molecule has 0 atom stereocenters. The second-order valence-corrected chi connectivity index (χ2v) is 4.65. The van der Waals surface area contributed by atoms with E-state index in [1.807, 2.05) is 4.90 Å². The molecule has 1 aromatic rings. The second-order valence-electron chi connectivity index (χ2n) is 4.65. The zero-order valence-electron chi connectivity index (χ0n) is 10.3. The van der Waals surface area contributed by atoms with Crippen LogP contribution in [0, 0.1) is 5.82 Å². The predicted molar refractivity (Wildman–Crippen MR) is 68.5 cm³/mol. The molecule has 0 radical (unpaired) electrons. The monoisotopic (exact) mass is 251 g/mol. The Bertz CT molecular complexity index is 416. The first-order chi connectivity index (χ1) is 8.77. The molecule has 0 aliphatic heterocycles. The topological polar surface area (TPSA) is 40.5 Å². The van der Waals surface area contributed by atoms with Crippen LogP contribution in [0.25, 0.3) is 0 Å². The molecule has 0 aromatic heterocycles. The van der Waals surface area contributed by atoms with Crippen LogP contribution < -0.4 is 4.90 Å². The van der Waals surface area contributed by atoms with E-state index in [9.17, 15) is 9.18 Å². The molecule has 1 fully saturated rings. The van der Waals surface area contributed by atoms with E-state index in [2.05, 4.69) is 0 Å². The third-order valence-electron chi connectivity index (χ3n) is 3.54. The number of para-hydroxylation sites is 1. The van der Waals surface area contributed by atoms with Crippen LogP contribution in [0.3, 0.4) is 0 Å². The number of carbonyl (C=O) groups excluding carboxylic acids is 1. The van der Waals surface area contributed by atoms with E-state index < -0.39 is 0 Å². The molecule has 3 nitrogen and oxygen atoms in total. The number of nitrogens with zero attached hydrogens (tertiary/aromatic N) is 1. The highest BCUT2D eigenvalue weighted by atomic mass is 19.1. The molecule has 0 saturated heterocycles. The van der Waals surface area contributed by atoms with E-state index in [0.717, 1.165) is 25.7 Å². The lowest BCUT2D eigenvalue weighted by molar-refractivity contribution is 0.112. The molecular weight excluding hydrogens is 233 g/mol. The molecule has 0 unspecified atom stereocenters. The summed E-state index contributed by atoms with van der Waals surface area (Å²) in [5.74, 6) is -0.389. The van der Waals surface area contributed by atoms with Gasteiger partial charge in [0.2, 0.25) is 0 Å². The average Bonchev–Trinajstić information content (AvgIpc) is 2.90. The number of halogens is 1. The van der Waals surface area contributed by atoms with E-state index >= 15 is 0 Å². The maximum atomic E-state index is 14.0. The number of anilines is 1. The maximum absolute atomic E-state index is 14.0. The highest BCUT2D eigenvalue weighted by Gasteiger charge is 2.26. The number of hydrogen-bond donors (Lipinski definition) is 1. The van der Waals surface area contributed by atoms with Gasteiger partial charge in [-0.05, 0) is 25.0 Å². The largest absolute Gasteiger partial charge is 0.395 e. The van der Waals surface area contributed by atoms with E-state index in [0.29, 0.717) is 24.1 Å². The normalized spacial score (nSPS) is 15.9. The van der Waals surface area contributed by atoms with Gasteiger partial charge < -0.3 is 10.0 Å². The van der Waals surface area contributed by atoms with Crippen molar-refractivity contribution in [3.63, 3.8) is 0 Å². The number of rotatable bonds is 5. The van der Waals surface area contributed by atoms with Gasteiger partial charge in [0.25, 0.3) is 0 Å². The van der Waals surface area contributed by atoms with Crippen molar-refractivity contribution in [2.45, 2.75) is 31.7 Å². The lowest BCUT2D eigenvalue weighted by Crippen LogP contribution is -2.37. The predicted octanol–water partition coefficient (Wildman–Crippen LogP) is 2.38. The standard InChI is InChI=1S/C14H18FNO2/c15-13-7-3-4-11(10-18)14(13)16(8-9-17)12-5-1-2-6-12/h3-4,7,10,12,17H,1-2,5-6,8-9H2. The minimum atomic E-state index is -0.389. The molecule has 18 heavy (non-hydrogen) atoms. The quantitative estimate of drug-likeness (QED) is 0.817. The summed E-state index contributed by atoms with van der Waals surface area (Å²) in [5, 5.41) is 9.16. The third kappa shape index (κ3) is 2.53. The number of hydrogen-bond acceptors (Lipinski definition) is 3. The van der Waals surface area contributed by atoms with Crippen LogP contribution in [0.5, 0.6) is 0 Å². The Morgan fingerprint density at radius 2 is 2.11 bits per heavy atom. The Balaban J connectivity index is 2.37. The van der Waals surface area contributed by atoms with Gasteiger partial charge in [0, 0.05) is 18.2 Å². The van der Waals surface area contributed by atoms with Crippen LogP contribution in [0.2, 0.25) is 0 Å². The first kappa shape index (κ1) is 13.0. The number of benzene rings is 1. The summed E-state index contributed by atoms with van der Waals surface area (Å²) in [7, 11) is 0. The molecule has 98 valence electrons. The molecule has 0 heterocycles. The Kier molecular flexibility index (Phi) is 4.31. The Labute approximate surface area is 106 Å². The summed E-state index contributed by atoms with van der Waals surface area (Å²) >= 11 is 0. The van der Waals surface area contributed by atoms with Gasteiger partial charge in [0.15, 0.2) is 6.29 Å². The number of aldehydes is 1. The molecule has 2 rings (SSSR count). The van der Waals surface area contributed by atoms with Gasteiger partial charge in [-0.2, -0.15) is 0 Å². The summed E-state index contributed by atoms with van der Waals surface area (Å²) in [6.07, 6.45) is 4.91. The van der Waals surface area contributed by atoms with Gasteiger partial charge in [-0.1, -0.05) is 18.9 Å². The van der Waals surface area contributed by atoms with Gasteiger partial charge in [-0.15, -0.1) is 0 Å². The molecular formula is C14H18FNO2. The molecule has 1 N–H and O–H groups in total. The van der Waals surface area contributed by atoms with Crippen molar-refractivity contribution >= 4 is 12.0 Å². The molecule has 0 bridgehead atoms. The van der Waals surface area contributed by atoms with Crippen molar-refractivity contribution in [3.05, 3.63) is 29.6 Å². The fraction of sp³-hybridized carbons (Fsp3) is 0.500. The number of aliphatic hydroxyl groups is 1. The summed E-state index contributed by atoms with van der Waals surface area (Å²) in [4.78, 5) is 12.9. The van der Waals surface area contributed by atoms with Crippen molar-refractivity contribution in [1.82, 2.24) is 0 Å². The molecule has 1 aliphatic rings. The molecule has 0 amide bonds. The van der Waals surface area contributed by atoms with E-state index in [-0.39, 0.29) is 18.5 Å². The first-order valence-corrected chi connectivity index (χ1v) is 6.39. The second kappa shape index (κ2) is 5.96.